The zero-order chi connectivity index (χ0) is 44.4. The molecule has 0 fully saturated rings. The molecule has 0 spiro atoms. The number of nitrogens with zero attached hydrogens (tertiary/aromatic N) is 2. The Morgan fingerprint density at radius 1 is 0.600 bits per heavy atom. The summed E-state index contributed by atoms with van der Waals surface area (Å²) in [6, 6.07) is 65.4. The van der Waals surface area contributed by atoms with Gasteiger partial charge in [-0.2, -0.15) is 0 Å². The number of benzene rings is 9. The lowest BCUT2D eigenvalue weighted by atomic mass is 9.84. The second-order valence-corrected chi connectivity index (χ2v) is 17.5. The second kappa shape index (κ2) is 15.8. The molecule has 0 saturated carbocycles. The number of aromatic nitrogens is 1. The zero-order valence-corrected chi connectivity index (χ0v) is 37.3. The van der Waals surface area contributed by atoms with E-state index < -0.39 is 5.60 Å². The highest BCUT2D eigenvalue weighted by Crippen LogP contribution is 2.50. The van der Waals surface area contributed by atoms with Crippen LogP contribution in [0.3, 0.4) is 0 Å². The van der Waals surface area contributed by atoms with Crippen LogP contribution in [0, 0.1) is 0 Å². The quantitative estimate of drug-likeness (QED) is 0.116. The predicted octanol–water partition coefficient (Wildman–Crippen LogP) is 16.0. The molecule has 1 unspecified atom stereocenters. The van der Waals surface area contributed by atoms with Crippen LogP contribution in [0.15, 0.2) is 207 Å². The molecule has 1 aliphatic carbocycles. The Morgan fingerprint density at radius 2 is 1.20 bits per heavy atom. The summed E-state index contributed by atoms with van der Waals surface area (Å²) in [5.41, 5.74) is 16.8. The number of hydrogen-bond donors (Lipinski definition) is 1. The molecule has 3 heteroatoms. The molecule has 0 aliphatic heterocycles. The van der Waals surface area contributed by atoms with Gasteiger partial charge in [-0.15, -0.1) is 0 Å². The average Bonchev–Trinajstić information content (AvgIpc) is 3.81. The maximum Gasteiger partial charge on any atom is 0.113 e. The summed E-state index contributed by atoms with van der Waals surface area (Å²) in [6.07, 6.45) is 7.46. The van der Waals surface area contributed by atoms with Gasteiger partial charge in [0.1, 0.15) is 5.60 Å². The fourth-order valence-electron chi connectivity index (χ4n) is 10.6. The third kappa shape index (κ3) is 6.45. The minimum Gasteiger partial charge on any atom is -0.381 e. The second-order valence-electron chi connectivity index (χ2n) is 17.5. The standard InChI is InChI=1S/C62H50N2O/c1-6-41-18-8-9-19-47(41)40(3)28-29-42(7-2)60-52-23-10-11-24-53(52)61(43-30-36-49-48-20-12-15-25-56(48)62(4,65)57(49)38-43)54-37-35-46(39-55(54)60)63(5)44-31-33-45(34-32-44)64-58-26-16-13-21-50(58)51-22-14-17-27-59(51)64/h7-39,65H,2,6H2,1,3-5H3/b40-28+,42-29+. The Kier molecular flexibility index (Phi) is 9.75. The molecule has 314 valence electrons. The third-order valence-corrected chi connectivity index (χ3v) is 13.9. The maximum absolute atomic E-state index is 12.1. The van der Waals surface area contributed by atoms with Gasteiger partial charge in [0.25, 0.3) is 0 Å². The van der Waals surface area contributed by atoms with E-state index in [0.717, 1.165) is 89.5 Å². The van der Waals surface area contributed by atoms with Gasteiger partial charge in [0, 0.05) is 34.9 Å². The smallest absolute Gasteiger partial charge is 0.113 e. The van der Waals surface area contributed by atoms with Crippen molar-refractivity contribution in [2.75, 3.05) is 11.9 Å². The van der Waals surface area contributed by atoms with Crippen molar-refractivity contribution < 1.29 is 5.11 Å². The summed E-state index contributed by atoms with van der Waals surface area (Å²) in [5, 5.41) is 19.2. The maximum atomic E-state index is 12.1. The van der Waals surface area contributed by atoms with E-state index in [4.69, 9.17) is 0 Å². The predicted molar refractivity (Wildman–Crippen MR) is 277 cm³/mol. The van der Waals surface area contributed by atoms with Gasteiger partial charge < -0.3 is 14.6 Å². The van der Waals surface area contributed by atoms with Crippen molar-refractivity contribution in [1.82, 2.24) is 4.57 Å². The Labute approximate surface area is 381 Å². The normalized spacial score (nSPS) is 14.9. The fourth-order valence-corrected chi connectivity index (χ4v) is 10.6. The molecule has 0 amide bonds. The van der Waals surface area contributed by atoms with Gasteiger partial charge in [0.15, 0.2) is 0 Å². The van der Waals surface area contributed by atoms with Crippen LogP contribution in [0.4, 0.5) is 11.4 Å². The zero-order valence-electron chi connectivity index (χ0n) is 37.3. The Bertz CT molecular complexity index is 3550. The van der Waals surface area contributed by atoms with E-state index >= 15 is 0 Å². The molecule has 11 rings (SSSR count). The van der Waals surface area contributed by atoms with Gasteiger partial charge in [-0.1, -0.05) is 159 Å². The molecular formula is C62H50N2O. The lowest BCUT2D eigenvalue weighted by molar-refractivity contribution is 0.107. The number of rotatable bonds is 9. The minimum absolute atomic E-state index is 0.929. The highest BCUT2D eigenvalue weighted by molar-refractivity contribution is 6.20. The van der Waals surface area contributed by atoms with Gasteiger partial charge in [-0.3, -0.25) is 0 Å². The average molecular weight is 839 g/mol. The van der Waals surface area contributed by atoms with E-state index in [0.29, 0.717) is 0 Å². The van der Waals surface area contributed by atoms with Crippen molar-refractivity contribution in [3.05, 3.63) is 235 Å². The lowest BCUT2D eigenvalue weighted by Gasteiger charge is -2.24. The molecule has 1 atom stereocenters. The monoisotopic (exact) mass is 838 g/mol. The van der Waals surface area contributed by atoms with E-state index in [9.17, 15) is 5.11 Å². The van der Waals surface area contributed by atoms with Gasteiger partial charge in [-0.25, -0.2) is 0 Å². The number of aliphatic hydroxyl groups is 1. The number of para-hydroxylation sites is 2. The van der Waals surface area contributed by atoms with Crippen LogP contribution in [0.2, 0.25) is 0 Å². The van der Waals surface area contributed by atoms with Crippen LogP contribution in [0.25, 0.3) is 82.4 Å². The molecule has 1 aliphatic rings. The molecule has 1 aromatic heterocycles. The Balaban J connectivity index is 1.09. The van der Waals surface area contributed by atoms with E-state index in [2.05, 4.69) is 219 Å². The summed E-state index contributed by atoms with van der Waals surface area (Å²) in [6.45, 7) is 10.8. The number of aryl methyl sites for hydroxylation is 1. The van der Waals surface area contributed by atoms with E-state index in [1.54, 1.807) is 0 Å². The summed E-state index contributed by atoms with van der Waals surface area (Å²) in [5.74, 6) is 0. The van der Waals surface area contributed by atoms with Crippen molar-refractivity contribution in [3.8, 4) is 27.9 Å². The summed E-state index contributed by atoms with van der Waals surface area (Å²) >= 11 is 0. The molecule has 65 heavy (non-hydrogen) atoms. The van der Waals surface area contributed by atoms with Crippen molar-refractivity contribution in [2.45, 2.75) is 32.8 Å². The molecule has 9 aromatic carbocycles. The third-order valence-electron chi connectivity index (χ3n) is 13.9. The van der Waals surface area contributed by atoms with Gasteiger partial charge in [0.2, 0.25) is 0 Å². The molecule has 0 bridgehead atoms. The van der Waals surface area contributed by atoms with Gasteiger partial charge >= 0.3 is 0 Å². The highest BCUT2D eigenvalue weighted by Gasteiger charge is 2.37. The first-order valence-corrected chi connectivity index (χ1v) is 22.6. The minimum atomic E-state index is -1.11. The fraction of sp³-hybridized carbons (Fsp3) is 0.0968. The number of allylic oxidation sites excluding steroid dienone is 5. The summed E-state index contributed by atoms with van der Waals surface area (Å²) < 4.78 is 2.36. The first-order valence-electron chi connectivity index (χ1n) is 22.6. The van der Waals surface area contributed by atoms with Gasteiger partial charge in [-0.05, 0) is 158 Å². The van der Waals surface area contributed by atoms with E-state index in [1.165, 1.54) is 38.5 Å². The van der Waals surface area contributed by atoms with Crippen LogP contribution >= 0.6 is 0 Å². The molecule has 1 heterocycles. The Hall–Kier alpha value is -7.72. The number of anilines is 2. The first kappa shape index (κ1) is 40.1. The number of fused-ring (bicyclic) bond motifs is 8. The van der Waals surface area contributed by atoms with Crippen molar-refractivity contribution in [2.24, 2.45) is 0 Å². The number of hydrogen-bond acceptors (Lipinski definition) is 2. The SMILES string of the molecule is C=C/C(=C\C=C(/C)c1ccccc1CC)c1c2ccccc2c(-c2ccc3c(c2)C(C)(O)c2ccccc2-3)c2ccc(N(C)c3ccc(-n4c5ccccc5c5ccccc54)cc3)cc12. The highest BCUT2D eigenvalue weighted by atomic mass is 16.3. The molecule has 0 radical (unpaired) electrons. The van der Waals surface area contributed by atoms with Crippen LogP contribution < -0.4 is 4.90 Å². The van der Waals surface area contributed by atoms with Crippen LogP contribution in [0.1, 0.15) is 48.6 Å². The topological polar surface area (TPSA) is 28.4 Å². The van der Waals surface area contributed by atoms with Crippen LogP contribution in [-0.4, -0.2) is 16.7 Å². The largest absolute Gasteiger partial charge is 0.381 e. The molecule has 10 aromatic rings. The molecular weight excluding hydrogens is 789 g/mol. The molecule has 3 nitrogen and oxygen atoms in total. The first-order chi connectivity index (χ1) is 31.8. The molecule has 1 N–H and O–H groups in total. The van der Waals surface area contributed by atoms with Crippen LogP contribution in [-0.2, 0) is 12.0 Å². The Morgan fingerprint density at radius 3 is 1.92 bits per heavy atom. The summed E-state index contributed by atoms with van der Waals surface area (Å²) in [7, 11) is 2.15. The van der Waals surface area contributed by atoms with E-state index in [1.807, 2.05) is 25.1 Å². The van der Waals surface area contributed by atoms with E-state index in [-0.39, 0.29) is 0 Å². The van der Waals surface area contributed by atoms with Crippen molar-refractivity contribution in [3.63, 3.8) is 0 Å². The van der Waals surface area contributed by atoms with Crippen molar-refractivity contribution >= 4 is 65.9 Å². The van der Waals surface area contributed by atoms with Gasteiger partial charge in [0.05, 0.1) is 11.0 Å². The lowest BCUT2D eigenvalue weighted by Crippen LogP contribution is -2.19. The summed E-state index contributed by atoms with van der Waals surface area (Å²) in [4.78, 5) is 2.28. The van der Waals surface area contributed by atoms with Crippen molar-refractivity contribution in [1.29, 1.82) is 0 Å². The van der Waals surface area contributed by atoms with Crippen LogP contribution in [0.5, 0.6) is 0 Å². The molecule has 0 saturated heterocycles.